The number of halogens is 6. The highest BCUT2D eigenvalue weighted by atomic mass is 35.5. The molecule has 3 nitrogen and oxygen atoms in total. The number of hydrogen-bond donors (Lipinski definition) is 1. The van der Waals surface area contributed by atoms with Gasteiger partial charge in [0.05, 0.1) is 7.11 Å². The molecule has 1 heterocycles. The molecular weight excluding hydrogens is 371 g/mol. The maximum absolute atomic E-state index is 14.2. The van der Waals surface area contributed by atoms with Crippen LogP contribution in [0.3, 0.4) is 0 Å². The Balaban J connectivity index is 0.00000264. The minimum atomic E-state index is -4.25. The van der Waals surface area contributed by atoms with Gasteiger partial charge >= 0.3 is 6.18 Å². The molecule has 1 aromatic carbocycles. The van der Waals surface area contributed by atoms with Gasteiger partial charge in [0.15, 0.2) is 0 Å². The van der Waals surface area contributed by atoms with Gasteiger partial charge < -0.3 is 10.1 Å². The summed E-state index contributed by atoms with van der Waals surface area (Å²) in [6.45, 7) is 2.57. The van der Waals surface area contributed by atoms with E-state index in [-0.39, 0.29) is 36.8 Å². The summed E-state index contributed by atoms with van der Waals surface area (Å²) >= 11 is 0. The first-order valence-corrected chi connectivity index (χ1v) is 7.25. The van der Waals surface area contributed by atoms with Crippen LogP contribution in [0.5, 0.6) is 5.75 Å². The fourth-order valence-electron chi connectivity index (χ4n) is 2.73. The van der Waals surface area contributed by atoms with Gasteiger partial charge in [0.1, 0.15) is 11.6 Å². The Morgan fingerprint density at radius 2 is 1.83 bits per heavy atom. The van der Waals surface area contributed by atoms with Crippen molar-refractivity contribution in [2.24, 2.45) is 0 Å². The topological polar surface area (TPSA) is 24.5 Å². The molecule has 0 unspecified atom stereocenters. The quantitative estimate of drug-likeness (QED) is 0.767. The van der Waals surface area contributed by atoms with Crippen LogP contribution in [0.25, 0.3) is 0 Å². The zero-order chi connectivity index (χ0) is 16.2. The lowest BCUT2D eigenvalue weighted by atomic mass is 9.98. The van der Waals surface area contributed by atoms with E-state index in [0.29, 0.717) is 31.9 Å². The number of rotatable bonds is 5. The van der Waals surface area contributed by atoms with Gasteiger partial charge in [-0.25, -0.2) is 4.39 Å². The molecule has 0 bridgehead atoms. The van der Waals surface area contributed by atoms with Crippen molar-refractivity contribution in [3.63, 3.8) is 0 Å². The van der Waals surface area contributed by atoms with Crippen molar-refractivity contribution in [2.45, 2.75) is 25.1 Å². The lowest BCUT2D eigenvalue weighted by Gasteiger charge is -2.35. The minimum Gasteiger partial charge on any atom is -0.497 e. The summed E-state index contributed by atoms with van der Waals surface area (Å²) in [6.07, 6.45) is -5.34. The normalized spacial score (nSPS) is 16.7. The van der Waals surface area contributed by atoms with Crippen LogP contribution in [-0.4, -0.2) is 44.4 Å². The molecule has 0 spiro atoms. The number of ether oxygens (including phenoxy) is 1. The van der Waals surface area contributed by atoms with Crippen molar-refractivity contribution in [2.75, 3.05) is 33.3 Å². The Morgan fingerprint density at radius 3 is 2.38 bits per heavy atom. The first kappa shape index (κ1) is 23.2. The number of benzene rings is 1. The average Bonchev–Trinajstić information content (AvgIpc) is 2.49. The van der Waals surface area contributed by atoms with Crippen LogP contribution < -0.4 is 10.1 Å². The Kier molecular flexibility index (Phi) is 9.96. The summed E-state index contributed by atoms with van der Waals surface area (Å²) in [6, 6.07) is 3.62. The molecule has 1 aliphatic rings. The van der Waals surface area contributed by atoms with Crippen molar-refractivity contribution in [3.05, 3.63) is 29.6 Å². The molecule has 0 saturated carbocycles. The lowest BCUT2D eigenvalue weighted by Crippen LogP contribution is -2.45. The number of methoxy groups -OCH3 is 1. The van der Waals surface area contributed by atoms with Crippen LogP contribution in [0.2, 0.25) is 0 Å². The van der Waals surface area contributed by atoms with Crippen LogP contribution in [0.15, 0.2) is 18.2 Å². The Bertz CT molecular complexity index is 497. The number of hydrogen-bond acceptors (Lipinski definition) is 3. The molecule has 24 heavy (non-hydrogen) atoms. The first-order chi connectivity index (χ1) is 10.4. The van der Waals surface area contributed by atoms with Crippen LogP contribution in [0.4, 0.5) is 17.6 Å². The maximum Gasteiger partial charge on any atom is 0.389 e. The third kappa shape index (κ3) is 6.63. The summed E-state index contributed by atoms with van der Waals surface area (Å²) < 4.78 is 57.0. The van der Waals surface area contributed by atoms with Gasteiger partial charge in [0.2, 0.25) is 0 Å². The van der Waals surface area contributed by atoms with E-state index < -0.39 is 24.5 Å². The van der Waals surface area contributed by atoms with E-state index >= 15 is 0 Å². The molecule has 140 valence electrons. The number of nitrogens with zero attached hydrogens (tertiary/aromatic N) is 1. The van der Waals surface area contributed by atoms with Crippen LogP contribution in [-0.2, 0) is 0 Å². The Hall–Kier alpha value is -0.760. The number of alkyl halides is 3. The third-order valence-electron chi connectivity index (χ3n) is 3.86. The molecule has 0 radical (unpaired) electrons. The zero-order valence-electron chi connectivity index (χ0n) is 13.2. The predicted molar refractivity (Wildman–Crippen MR) is 89.9 cm³/mol. The standard InChI is InChI=1S/C15H20F4N2O.2ClH/c1-22-11-2-3-13(16)12(10-11)14(4-5-15(17,18)19)21-8-6-20-7-9-21;;/h2-3,10,14,20H,4-9H2,1H3;2*1H/t14-;;/m0../s1. The van der Waals surface area contributed by atoms with Gasteiger partial charge in [-0.05, 0) is 24.6 Å². The van der Waals surface area contributed by atoms with Crippen molar-refractivity contribution in [3.8, 4) is 5.75 Å². The summed E-state index contributed by atoms with van der Waals surface area (Å²) in [5, 5.41) is 3.15. The predicted octanol–water partition coefficient (Wildman–Crippen LogP) is 3.97. The van der Waals surface area contributed by atoms with Gasteiger partial charge in [-0.1, -0.05) is 0 Å². The Morgan fingerprint density at radius 1 is 1.21 bits per heavy atom. The van der Waals surface area contributed by atoms with E-state index in [0.717, 1.165) is 0 Å². The van der Waals surface area contributed by atoms with E-state index in [9.17, 15) is 17.6 Å². The van der Waals surface area contributed by atoms with Crippen molar-refractivity contribution in [1.29, 1.82) is 0 Å². The van der Waals surface area contributed by atoms with Crippen molar-refractivity contribution >= 4 is 24.8 Å². The molecule has 1 fully saturated rings. The SMILES string of the molecule is COc1ccc(F)c([C@H](CCC(F)(F)F)N2CCNCC2)c1.Cl.Cl. The van der Waals surface area contributed by atoms with Gasteiger partial charge in [-0.15, -0.1) is 24.8 Å². The van der Waals surface area contributed by atoms with Crippen LogP contribution in [0, 0.1) is 5.82 Å². The van der Waals surface area contributed by atoms with Gasteiger partial charge in [0.25, 0.3) is 0 Å². The van der Waals surface area contributed by atoms with Gasteiger partial charge in [-0.3, -0.25) is 4.90 Å². The van der Waals surface area contributed by atoms with Crippen molar-refractivity contribution in [1.82, 2.24) is 10.2 Å². The second-order valence-electron chi connectivity index (χ2n) is 5.34. The van der Waals surface area contributed by atoms with E-state index in [2.05, 4.69) is 5.32 Å². The molecule has 1 aliphatic heterocycles. The molecule has 1 N–H and O–H groups in total. The second kappa shape index (κ2) is 10.3. The average molecular weight is 393 g/mol. The Labute approximate surface area is 151 Å². The molecule has 1 aromatic rings. The molecule has 0 aromatic heterocycles. The van der Waals surface area contributed by atoms with E-state index in [1.54, 1.807) is 0 Å². The molecule has 1 saturated heterocycles. The molecule has 1 atom stereocenters. The first-order valence-electron chi connectivity index (χ1n) is 7.25. The van der Waals surface area contributed by atoms with E-state index in [1.807, 2.05) is 4.90 Å². The second-order valence-corrected chi connectivity index (χ2v) is 5.34. The lowest BCUT2D eigenvalue weighted by molar-refractivity contribution is -0.138. The smallest absolute Gasteiger partial charge is 0.389 e. The fraction of sp³-hybridized carbons (Fsp3) is 0.600. The number of nitrogens with one attached hydrogen (secondary N) is 1. The summed E-state index contributed by atoms with van der Waals surface area (Å²) in [5.74, 6) is -0.0462. The highest BCUT2D eigenvalue weighted by Crippen LogP contribution is 2.34. The molecule has 9 heteroatoms. The highest BCUT2D eigenvalue weighted by Gasteiger charge is 2.32. The molecule has 2 rings (SSSR count). The summed E-state index contributed by atoms with van der Waals surface area (Å²) in [4.78, 5) is 1.90. The van der Waals surface area contributed by atoms with Crippen LogP contribution in [0.1, 0.15) is 24.4 Å². The largest absolute Gasteiger partial charge is 0.497 e. The van der Waals surface area contributed by atoms with Gasteiger partial charge in [-0.2, -0.15) is 13.2 Å². The minimum absolute atomic E-state index is 0. The summed E-state index contributed by atoms with van der Waals surface area (Å²) in [5.41, 5.74) is 0.269. The summed E-state index contributed by atoms with van der Waals surface area (Å²) in [7, 11) is 1.45. The van der Waals surface area contributed by atoms with Gasteiger partial charge in [0, 0.05) is 44.2 Å². The maximum atomic E-state index is 14.2. The van der Waals surface area contributed by atoms with Crippen LogP contribution >= 0.6 is 24.8 Å². The number of piperazine rings is 1. The molecular formula is C15H22Cl2F4N2O. The van der Waals surface area contributed by atoms with E-state index in [4.69, 9.17) is 4.74 Å². The zero-order valence-corrected chi connectivity index (χ0v) is 14.9. The molecule has 0 amide bonds. The van der Waals surface area contributed by atoms with Crippen molar-refractivity contribution < 1.29 is 22.3 Å². The monoisotopic (exact) mass is 392 g/mol. The fourth-order valence-corrected chi connectivity index (χ4v) is 2.73. The van der Waals surface area contributed by atoms with E-state index in [1.165, 1.54) is 25.3 Å². The highest BCUT2D eigenvalue weighted by molar-refractivity contribution is 5.85. The molecule has 0 aliphatic carbocycles. The third-order valence-corrected chi connectivity index (χ3v) is 3.86.